The molecule has 0 aromatic heterocycles. The predicted molar refractivity (Wildman–Crippen MR) is 120 cm³/mol. The molecule has 1 fully saturated rings. The van der Waals surface area contributed by atoms with E-state index in [9.17, 15) is 14.4 Å². The molecule has 0 radical (unpaired) electrons. The van der Waals surface area contributed by atoms with Crippen molar-refractivity contribution in [3.05, 3.63) is 54.1 Å². The highest BCUT2D eigenvalue weighted by atomic mass is 16.5. The van der Waals surface area contributed by atoms with Gasteiger partial charge in [-0.3, -0.25) is 14.4 Å². The van der Waals surface area contributed by atoms with Gasteiger partial charge in [-0.15, -0.1) is 0 Å². The van der Waals surface area contributed by atoms with Crippen LogP contribution in [0.5, 0.6) is 0 Å². The van der Waals surface area contributed by atoms with Gasteiger partial charge in [0.25, 0.3) is 5.91 Å². The highest BCUT2D eigenvalue weighted by Crippen LogP contribution is 2.16. The van der Waals surface area contributed by atoms with Crippen molar-refractivity contribution in [2.24, 2.45) is 0 Å². The van der Waals surface area contributed by atoms with Gasteiger partial charge in [-0.25, -0.2) is 0 Å². The Kier molecular flexibility index (Phi) is 8.00. The van der Waals surface area contributed by atoms with E-state index in [0.717, 1.165) is 25.1 Å². The van der Waals surface area contributed by atoms with Crippen molar-refractivity contribution in [3.63, 3.8) is 0 Å². The third-order valence-electron chi connectivity index (χ3n) is 4.87. The van der Waals surface area contributed by atoms with Gasteiger partial charge < -0.3 is 26.0 Å². The molecule has 0 saturated carbocycles. The van der Waals surface area contributed by atoms with Gasteiger partial charge >= 0.3 is 0 Å². The summed E-state index contributed by atoms with van der Waals surface area (Å²) in [7, 11) is 0. The van der Waals surface area contributed by atoms with Gasteiger partial charge in [-0.1, -0.05) is 13.0 Å². The summed E-state index contributed by atoms with van der Waals surface area (Å²) in [6.45, 7) is 3.12. The lowest BCUT2D eigenvalue weighted by molar-refractivity contribution is -0.116. The van der Waals surface area contributed by atoms with Crippen LogP contribution in [0.4, 0.5) is 17.1 Å². The van der Waals surface area contributed by atoms with E-state index in [1.165, 1.54) is 0 Å². The summed E-state index contributed by atoms with van der Waals surface area (Å²) in [5, 5.41) is 11.5. The molecule has 1 atom stereocenters. The smallest absolute Gasteiger partial charge is 0.251 e. The van der Waals surface area contributed by atoms with Crippen molar-refractivity contribution < 1.29 is 19.1 Å². The summed E-state index contributed by atoms with van der Waals surface area (Å²) in [6.07, 6.45) is 2.50. The van der Waals surface area contributed by atoms with Crippen LogP contribution in [-0.2, 0) is 14.3 Å². The lowest BCUT2D eigenvalue weighted by Gasteiger charge is -2.12. The number of amides is 3. The molecule has 1 heterocycles. The van der Waals surface area contributed by atoms with E-state index in [1.807, 2.05) is 0 Å². The van der Waals surface area contributed by atoms with Gasteiger partial charge in [0.15, 0.2) is 0 Å². The van der Waals surface area contributed by atoms with Crippen LogP contribution in [0.25, 0.3) is 0 Å². The Bertz CT molecular complexity index is 908. The van der Waals surface area contributed by atoms with Crippen LogP contribution in [0.1, 0.15) is 36.5 Å². The molecule has 1 saturated heterocycles. The first-order valence-corrected chi connectivity index (χ1v) is 10.5. The molecule has 0 spiro atoms. The summed E-state index contributed by atoms with van der Waals surface area (Å²) >= 11 is 0. The van der Waals surface area contributed by atoms with Crippen LogP contribution in [-0.4, -0.2) is 43.5 Å². The maximum atomic E-state index is 12.2. The number of nitrogens with one attached hydrogen (secondary N) is 4. The SMILES string of the molecule is CCC(=O)Nc1cccc(NC(=O)CNc2ccc(C(=O)NCC3CCCO3)cc2)c1. The third-order valence-corrected chi connectivity index (χ3v) is 4.87. The number of benzene rings is 2. The summed E-state index contributed by atoms with van der Waals surface area (Å²) < 4.78 is 5.50. The van der Waals surface area contributed by atoms with E-state index in [4.69, 9.17) is 4.74 Å². The molecule has 8 nitrogen and oxygen atoms in total. The molecule has 2 aromatic carbocycles. The molecule has 164 valence electrons. The van der Waals surface area contributed by atoms with E-state index in [1.54, 1.807) is 55.5 Å². The molecular formula is C23H28N4O4. The second-order valence-corrected chi connectivity index (χ2v) is 7.31. The van der Waals surface area contributed by atoms with Crippen molar-refractivity contribution in [1.82, 2.24) is 5.32 Å². The Morgan fingerprint density at radius 2 is 1.68 bits per heavy atom. The summed E-state index contributed by atoms with van der Waals surface area (Å²) in [5.41, 5.74) is 2.51. The zero-order valence-corrected chi connectivity index (χ0v) is 17.6. The minimum atomic E-state index is -0.225. The van der Waals surface area contributed by atoms with Crippen LogP contribution >= 0.6 is 0 Å². The fourth-order valence-corrected chi connectivity index (χ4v) is 3.16. The summed E-state index contributed by atoms with van der Waals surface area (Å²) in [4.78, 5) is 35.9. The van der Waals surface area contributed by atoms with E-state index in [2.05, 4.69) is 21.3 Å². The Morgan fingerprint density at radius 3 is 2.32 bits per heavy atom. The van der Waals surface area contributed by atoms with Gasteiger partial charge in [0, 0.05) is 42.2 Å². The number of rotatable bonds is 9. The topological polar surface area (TPSA) is 109 Å². The first-order chi connectivity index (χ1) is 15.0. The van der Waals surface area contributed by atoms with Crippen LogP contribution in [0.3, 0.4) is 0 Å². The Hall–Kier alpha value is -3.39. The fourth-order valence-electron chi connectivity index (χ4n) is 3.16. The zero-order valence-electron chi connectivity index (χ0n) is 17.6. The Morgan fingerprint density at radius 1 is 0.968 bits per heavy atom. The maximum absolute atomic E-state index is 12.2. The molecule has 4 N–H and O–H groups in total. The van der Waals surface area contributed by atoms with E-state index in [-0.39, 0.29) is 30.4 Å². The van der Waals surface area contributed by atoms with Crippen LogP contribution < -0.4 is 21.3 Å². The molecule has 1 aliphatic rings. The average Bonchev–Trinajstić information content (AvgIpc) is 3.30. The standard InChI is InChI=1S/C23H28N4O4/c1-2-21(28)26-18-5-3-6-19(13-18)27-22(29)15-24-17-10-8-16(9-11-17)23(30)25-14-20-7-4-12-31-20/h3,5-6,8-11,13,20,24H,2,4,7,12,14-15H2,1H3,(H,25,30)(H,26,28)(H,27,29). The second kappa shape index (κ2) is 11.1. The predicted octanol–water partition coefficient (Wildman–Crippen LogP) is 2.99. The number of hydrogen-bond acceptors (Lipinski definition) is 5. The molecule has 1 unspecified atom stereocenters. The highest BCUT2D eigenvalue weighted by molar-refractivity contribution is 5.96. The van der Waals surface area contributed by atoms with E-state index >= 15 is 0 Å². The fraction of sp³-hybridized carbons (Fsp3) is 0.348. The lowest BCUT2D eigenvalue weighted by Crippen LogP contribution is -2.31. The zero-order chi connectivity index (χ0) is 22.1. The molecule has 1 aliphatic heterocycles. The number of carbonyl (C=O) groups excluding carboxylic acids is 3. The Balaban J connectivity index is 1.44. The number of hydrogen-bond donors (Lipinski definition) is 4. The Labute approximate surface area is 181 Å². The van der Waals surface area contributed by atoms with Crippen molar-refractivity contribution in [3.8, 4) is 0 Å². The largest absolute Gasteiger partial charge is 0.376 e. The van der Waals surface area contributed by atoms with Crippen molar-refractivity contribution >= 4 is 34.8 Å². The molecular weight excluding hydrogens is 396 g/mol. The molecule has 0 aliphatic carbocycles. The molecule has 3 amide bonds. The van der Waals surface area contributed by atoms with Gasteiger partial charge in [0.1, 0.15) is 0 Å². The van der Waals surface area contributed by atoms with Crippen LogP contribution in [0.2, 0.25) is 0 Å². The van der Waals surface area contributed by atoms with Crippen LogP contribution in [0.15, 0.2) is 48.5 Å². The molecule has 3 rings (SSSR count). The average molecular weight is 425 g/mol. The first kappa shape index (κ1) is 22.3. The minimum absolute atomic E-state index is 0.0656. The van der Waals surface area contributed by atoms with E-state index < -0.39 is 0 Å². The first-order valence-electron chi connectivity index (χ1n) is 10.5. The minimum Gasteiger partial charge on any atom is -0.376 e. The molecule has 31 heavy (non-hydrogen) atoms. The van der Waals surface area contributed by atoms with Crippen LogP contribution in [0, 0.1) is 0 Å². The normalized spacial score (nSPS) is 15.2. The van der Waals surface area contributed by atoms with E-state index in [0.29, 0.717) is 29.9 Å². The van der Waals surface area contributed by atoms with Crippen molar-refractivity contribution in [1.29, 1.82) is 0 Å². The molecule has 2 aromatic rings. The summed E-state index contributed by atoms with van der Waals surface area (Å²) in [6, 6.07) is 13.9. The van der Waals surface area contributed by atoms with Gasteiger partial charge in [0.2, 0.25) is 11.8 Å². The number of anilines is 3. The van der Waals surface area contributed by atoms with Gasteiger partial charge in [0.05, 0.1) is 12.6 Å². The molecule has 8 heteroatoms. The maximum Gasteiger partial charge on any atom is 0.251 e. The van der Waals surface area contributed by atoms with Gasteiger partial charge in [-0.05, 0) is 55.3 Å². The van der Waals surface area contributed by atoms with Crippen molar-refractivity contribution in [2.75, 3.05) is 35.6 Å². The number of ether oxygens (including phenoxy) is 1. The van der Waals surface area contributed by atoms with Crippen molar-refractivity contribution in [2.45, 2.75) is 32.3 Å². The molecule has 0 bridgehead atoms. The second-order valence-electron chi connectivity index (χ2n) is 7.31. The lowest BCUT2D eigenvalue weighted by atomic mass is 10.2. The van der Waals surface area contributed by atoms with Gasteiger partial charge in [-0.2, -0.15) is 0 Å². The summed E-state index contributed by atoms with van der Waals surface area (Å²) in [5.74, 6) is -0.457. The number of carbonyl (C=O) groups is 3. The quantitative estimate of drug-likeness (QED) is 0.495. The monoisotopic (exact) mass is 424 g/mol. The highest BCUT2D eigenvalue weighted by Gasteiger charge is 2.16. The third kappa shape index (κ3) is 7.11.